The molecular weight excluding hydrogens is 262 g/mol. The SMILES string of the molecule is CC1=C(Cl)C(=O)N2c3ccccc3SC2S1. The molecule has 1 atom stereocenters. The second-order valence-electron chi connectivity index (χ2n) is 3.56. The Hall–Kier alpha value is -0.580. The molecule has 0 spiro atoms. The van der Waals surface area contributed by atoms with Gasteiger partial charge in [-0.05, 0) is 19.1 Å². The second kappa shape index (κ2) is 3.72. The molecule has 3 rings (SSSR count). The summed E-state index contributed by atoms with van der Waals surface area (Å²) in [5.74, 6) is -0.0830. The predicted molar refractivity (Wildman–Crippen MR) is 69.7 cm³/mol. The smallest absolute Gasteiger partial charge is 0.272 e. The third-order valence-corrected chi connectivity index (χ3v) is 5.67. The van der Waals surface area contributed by atoms with Crippen LogP contribution < -0.4 is 4.90 Å². The number of amides is 1. The topological polar surface area (TPSA) is 20.3 Å². The van der Waals surface area contributed by atoms with Crippen molar-refractivity contribution in [2.45, 2.75) is 16.5 Å². The number of rotatable bonds is 0. The van der Waals surface area contributed by atoms with Gasteiger partial charge >= 0.3 is 0 Å². The number of thioether (sulfide) groups is 2. The summed E-state index contributed by atoms with van der Waals surface area (Å²) in [6.07, 6.45) is 0. The number of carbonyl (C=O) groups is 1. The lowest BCUT2D eigenvalue weighted by Crippen LogP contribution is -2.37. The summed E-state index contributed by atoms with van der Waals surface area (Å²) in [5, 5.41) is 0.346. The van der Waals surface area contributed by atoms with E-state index in [-0.39, 0.29) is 10.6 Å². The molecule has 0 saturated heterocycles. The van der Waals surface area contributed by atoms with Crippen molar-refractivity contribution in [2.75, 3.05) is 4.90 Å². The van der Waals surface area contributed by atoms with Gasteiger partial charge in [0.1, 0.15) is 9.74 Å². The highest BCUT2D eigenvalue weighted by atomic mass is 35.5. The van der Waals surface area contributed by atoms with Crippen LogP contribution in [0, 0.1) is 0 Å². The van der Waals surface area contributed by atoms with Gasteiger partial charge in [0.25, 0.3) is 5.91 Å². The highest BCUT2D eigenvalue weighted by Crippen LogP contribution is 2.52. The van der Waals surface area contributed by atoms with Crippen LogP contribution in [-0.2, 0) is 4.79 Å². The normalized spacial score (nSPS) is 23.5. The number of fused-ring (bicyclic) bond motifs is 3. The molecule has 0 fully saturated rings. The third kappa shape index (κ3) is 1.40. The van der Waals surface area contributed by atoms with Crippen molar-refractivity contribution in [2.24, 2.45) is 0 Å². The Morgan fingerprint density at radius 2 is 2.06 bits per heavy atom. The van der Waals surface area contributed by atoms with Gasteiger partial charge in [0, 0.05) is 9.80 Å². The third-order valence-electron chi connectivity index (χ3n) is 2.56. The molecule has 2 aliphatic heterocycles. The van der Waals surface area contributed by atoms with Gasteiger partial charge in [0.2, 0.25) is 0 Å². The summed E-state index contributed by atoms with van der Waals surface area (Å²) in [6.45, 7) is 1.89. The van der Waals surface area contributed by atoms with Gasteiger partial charge in [-0.3, -0.25) is 9.69 Å². The van der Waals surface area contributed by atoms with E-state index in [4.69, 9.17) is 11.6 Å². The summed E-state index contributed by atoms with van der Waals surface area (Å²) < 4.78 is 0.104. The number of benzene rings is 1. The van der Waals surface area contributed by atoms with E-state index in [1.165, 1.54) is 0 Å². The zero-order valence-corrected chi connectivity index (χ0v) is 10.8. The van der Waals surface area contributed by atoms with Gasteiger partial charge in [-0.25, -0.2) is 0 Å². The minimum absolute atomic E-state index is 0.0830. The molecule has 82 valence electrons. The van der Waals surface area contributed by atoms with E-state index < -0.39 is 0 Å². The van der Waals surface area contributed by atoms with E-state index in [1.807, 2.05) is 31.2 Å². The number of nitrogens with zero attached hydrogens (tertiary/aromatic N) is 1. The molecule has 1 unspecified atom stereocenters. The monoisotopic (exact) mass is 269 g/mol. The Labute approximate surface area is 107 Å². The van der Waals surface area contributed by atoms with Crippen LogP contribution in [0.3, 0.4) is 0 Å². The summed E-state index contributed by atoms with van der Waals surface area (Å²) >= 11 is 9.35. The quantitative estimate of drug-likeness (QED) is 0.717. The maximum Gasteiger partial charge on any atom is 0.272 e. The van der Waals surface area contributed by atoms with Crippen LogP contribution in [0.4, 0.5) is 5.69 Å². The van der Waals surface area contributed by atoms with E-state index in [9.17, 15) is 4.79 Å². The average Bonchev–Trinajstić information content (AvgIpc) is 2.64. The van der Waals surface area contributed by atoms with E-state index in [1.54, 1.807) is 28.4 Å². The molecule has 0 aromatic heterocycles. The van der Waals surface area contributed by atoms with Gasteiger partial charge in [-0.1, -0.05) is 47.3 Å². The lowest BCUT2D eigenvalue weighted by molar-refractivity contribution is -0.114. The van der Waals surface area contributed by atoms with Crippen molar-refractivity contribution < 1.29 is 4.79 Å². The molecule has 16 heavy (non-hydrogen) atoms. The molecule has 2 nitrogen and oxygen atoms in total. The van der Waals surface area contributed by atoms with Crippen LogP contribution in [0.15, 0.2) is 39.1 Å². The largest absolute Gasteiger partial charge is 0.284 e. The lowest BCUT2D eigenvalue weighted by atomic mass is 10.3. The Morgan fingerprint density at radius 1 is 1.31 bits per heavy atom. The lowest BCUT2D eigenvalue weighted by Gasteiger charge is -2.28. The van der Waals surface area contributed by atoms with E-state index in [2.05, 4.69) is 0 Å². The van der Waals surface area contributed by atoms with Crippen molar-refractivity contribution in [3.63, 3.8) is 0 Å². The summed E-state index contributed by atoms with van der Waals surface area (Å²) in [4.78, 5) is 15.9. The summed E-state index contributed by atoms with van der Waals surface area (Å²) in [5.41, 5.74) is 0.973. The van der Waals surface area contributed by atoms with Gasteiger partial charge in [-0.15, -0.1) is 0 Å². The maximum absolute atomic E-state index is 12.1. The first kappa shape index (κ1) is 10.6. The van der Waals surface area contributed by atoms with Crippen LogP contribution in [0.5, 0.6) is 0 Å². The first-order valence-electron chi connectivity index (χ1n) is 4.81. The van der Waals surface area contributed by atoms with E-state index >= 15 is 0 Å². The molecule has 2 aliphatic rings. The first-order valence-corrected chi connectivity index (χ1v) is 6.94. The standard InChI is InChI=1S/C11H8ClNOS2/c1-6-9(12)10(14)13-7-4-2-3-5-8(7)16-11(13)15-6/h2-5,11H,1H3. The van der Waals surface area contributed by atoms with Crippen LogP contribution >= 0.6 is 35.1 Å². The Morgan fingerprint density at radius 3 is 2.88 bits per heavy atom. The van der Waals surface area contributed by atoms with E-state index in [0.717, 1.165) is 15.5 Å². The molecule has 5 heteroatoms. The number of halogens is 1. The second-order valence-corrected chi connectivity index (χ2v) is 6.65. The van der Waals surface area contributed by atoms with E-state index in [0.29, 0.717) is 5.03 Å². The molecule has 0 bridgehead atoms. The number of anilines is 1. The molecule has 1 amide bonds. The highest BCUT2D eigenvalue weighted by molar-refractivity contribution is 8.19. The van der Waals surface area contributed by atoms with Crippen LogP contribution in [0.1, 0.15) is 6.92 Å². The molecule has 1 aromatic rings. The van der Waals surface area contributed by atoms with Gasteiger partial charge < -0.3 is 0 Å². The van der Waals surface area contributed by atoms with Gasteiger partial charge in [0.15, 0.2) is 0 Å². The number of hydrogen-bond acceptors (Lipinski definition) is 3. The van der Waals surface area contributed by atoms with Crippen molar-refractivity contribution in [3.8, 4) is 0 Å². The number of allylic oxidation sites excluding steroid dienone is 1. The molecule has 0 saturated carbocycles. The summed E-state index contributed by atoms with van der Waals surface area (Å²) in [6, 6.07) is 7.93. The molecule has 0 N–H and O–H groups in total. The Balaban J connectivity index is 2.10. The highest BCUT2D eigenvalue weighted by Gasteiger charge is 2.40. The molecule has 1 aromatic carbocycles. The van der Waals surface area contributed by atoms with Crippen molar-refractivity contribution in [1.29, 1.82) is 0 Å². The van der Waals surface area contributed by atoms with Crippen LogP contribution in [0.2, 0.25) is 0 Å². The number of para-hydroxylation sites is 1. The van der Waals surface area contributed by atoms with Crippen LogP contribution in [0.25, 0.3) is 0 Å². The maximum atomic E-state index is 12.1. The minimum Gasteiger partial charge on any atom is -0.284 e. The first-order chi connectivity index (χ1) is 7.68. The molecule has 2 heterocycles. The molecule has 0 radical (unpaired) electrons. The number of hydrogen-bond donors (Lipinski definition) is 0. The fourth-order valence-corrected chi connectivity index (χ4v) is 4.72. The van der Waals surface area contributed by atoms with Crippen molar-refractivity contribution >= 4 is 46.7 Å². The Bertz CT molecular complexity index is 514. The van der Waals surface area contributed by atoms with Gasteiger partial charge in [-0.2, -0.15) is 0 Å². The minimum atomic E-state index is -0.0830. The fraction of sp³-hybridized carbons (Fsp3) is 0.182. The van der Waals surface area contributed by atoms with Gasteiger partial charge in [0.05, 0.1) is 5.69 Å². The zero-order valence-electron chi connectivity index (χ0n) is 8.44. The van der Waals surface area contributed by atoms with Crippen molar-refractivity contribution in [1.82, 2.24) is 0 Å². The molecular formula is C11H8ClNOS2. The Kier molecular flexibility index (Phi) is 2.46. The average molecular weight is 270 g/mol. The zero-order chi connectivity index (χ0) is 11.3. The number of carbonyl (C=O) groups excluding carboxylic acids is 1. The van der Waals surface area contributed by atoms with Crippen molar-refractivity contribution in [3.05, 3.63) is 34.2 Å². The van der Waals surface area contributed by atoms with Crippen LogP contribution in [-0.4, -0.2) is 10.6 Å². The molecule has 0 aliphatic carbocycles. The summed E-state index contributed by atoms with van der Waals surface area (Å²) in [7, 11) is 0. The predicted octanol–water partition coefficient (Wildman–Crippen LogP) is 3.63. The fourth-order valence-electron chi connectivity index (χ4n) is 1.77.